The second-order valence-corrected chi connectivity index (χ2v) is 13.3. The van der Waals surface area contributed by atoms with E-state index in [2.05, 4.69) is 205 Å². The van der Waals surface area contributed by atoms with E-state index in [9.17, 15) is 0 Å². The molecular weight excluding hydrogens is 615 g/mol. The topological polar surface area (TPSA) is 3.24 Å². The Morgan fingerprint density at radius 3 is 1.20 bits per heavy atom. The van der Waals surface area contributed by atoms with Crippen molar-refractivity contribution in [3.05, 3.63) is 200 Å². The van der Waals surface area contributed by atoms with Crippen molar-refractivity contribution in [2.24, 2.45) is 0 Å². The fourth-order valence-electron chi connectivity index (χ4n) is 7.94. The summed E-state index contributed by atoms with van der Waals surface area (Å²) in [5.74, 6) is 0. The molecule has 0 fully saturated rings. The highest BCUT2D eigenvalue weighted by Gasteiger charge is 2.17. The standard InChI is InChI=1S/C50H33N/c1-2-14-36(15-3-1)48-32-40-33-49(45-19-9-11-21-47(45)50(40)46-20-10-8-18-44(46)48)37-24-26-41(27-25-37)51(42-28-22-34-12-4-6-16-38(34)30-42)43-29-23-35-13-5-7-17-39(35)31-43/h1-33H. The lowest BCUT2D eigenvalue weighted by molar-refractivity contribution is 1.29. The SMILES string of the molecule is c1ccc(-c2cc3cc(-c4ccc(N(c5ccc6ccccc6c5)c5ccc6ccccc6c5)cc4)c4ccccc4c3c3ccccc23)cc1. The Morgan fingerprint density at radius 1 is 0.255 bits per heavy atom. The zero-order chi connectivity index (χ0) is 33.7. The van der Waals surface area contributed by atoms with Gasteiger partial charge in [-0.25, -0.2) is 0 Å². The summed E-state index contributed by atoms with van der Waals surface area (Å²) in [5.41, 5.74) is 8.31. The normalized spacial score (nSPS) is 11.5. The fourth-order valence-corrected chi connectivity index (χ4v) is 7.94. The molecule has 238 valence electrons. The Kier molecular flexibility index (Phi) is 6.89. The molecule has 0 aliphatic heterocycles. The van der Waals surface area contributed by atoms with Gasteiger partial charge in [0.05, 0.1) is 0 Å². The summed E-state index contributed by atoms with van der Waals surface area (Å²) in [6.45, 7) is 0. The minimum atomic E-state index is 1.12. The maximum atomic E-state index is 2.40. The quantitative estimate of drug-likeness (QED) is 0.168. The predicted molar refractivity (Wildman–Crippen MR) is 220 cm³/mol. The molecular formula is C50H33N. The molecule has 0 atom stereocenters. The number of hydrogen-bond acceptors (Lipinski definition) is 1. The lowest BCUT2D eigenvalue weighted by Gasteiger charge is -2.26. The van der Waals surface area contributed by atoms with Gasteiger partial charge in [0.2, 0.25) is 0 Å². The molecule has 0 aliphatic rings. The summed E-state index contributed by atoms with van der Waals surface area (Å²) in [6, 6.07) is 73.1. The van der Waals surface area contributed by atoms with Crippen molar-refractivity contribution in [2.75, 3.05) is 4.90 Å². The molecule has 0 saturated heterocycles. The number of rotatable bonds is 5. The highest BCUT2D eigenvalue weighted by molar-refractivity contribution is 6.25. The average molecular weight is 648 g/mol. The van der Waals surface area contributed by atoms with Crippen LogP contribution in [-0.4, -0.2) is 0 Å². The molecule has 1 heteroatoms. The van der Waals surface area contributed by atoms with Crippen LogP contribution in [0.25, 0.3) is 76.1 Å². The minimum Gasteiger partial charge on any atom is -0.310 e. The van der Waals surface area contributed by atoms with E-state index in [1.54, 1.807) is 0 Å². The van der Waals surface area contributed by atoms with Gasteiger partial charge in [0, 0.05) is 17.1 Å². The van der Waals surface area contributed by atoms with Crippen molar-refractivity contribution in [1.29, 1.82) is 0 Å². The van der Waals surface area contributed by atoms with Crippen LogP contribution in [0.3, 0.4) is 0 Å². The Bertz CT molecular complexity index is 2830. The molecule has 0 amide bonds. The molecule has 0 spiro atoms. The van der Waals surface area contributed by atoms with Crippen LogP contribution in [0.1, 0.15) is 0 Å². The molecule has 10 aromatic carbocycles. The number of fused-ring (bicyclic) bond motifs is 7. The van der Waals surface area contributed by atoms with Crippen LogP contribution in [0.15, 0.2) is 200 Å². The fraction of sp³-hybridized carbons (Fsp3) is 0. The van der Waals surface area contributed by atoms with E-state index in [1.165, 1.54) is 76.1 Å². The molecule has 0 saturated carbocycles. The summed E-state index contributed by atoms with van der Waals surface area (Å²) in [4.78, 5) is 2.37. The second kappa shape index (κ2) is 12.0. The van der Waals surface area contributed by atoms with Crippen LogP contribution in [-0.2, 0) is 0 Å². The van der Waals surface area contributed by atoms with E-state index < -0.39 is 0 Å². The zero-order valence-electron chi connectivity index (χ0n) is 28.0. The molecule has 10 rings (SSSR count). The Balaban J connectivity index is 1.15. The van der Waals surface area contributed by atoms with Gasteiger partial charge < -0.3 is 4.90 Å². The van der Waals surface area contributed by atoms with Gasteiger partial charge in [-0.05, 0) is 125 Å². The average Bonchev–Trinajstić information content (AvgIpc) is 3.20. The first kappa shape index (κ1) is 29.2. The molecule has 0 heterocycles. The first-order valence-electron chi connectivity index (χ1n) is 17.6. The molecule has 0 aromatic heterocycles. The van der Waals surface area contributed by atoms with Crippen LogP contribution in [0.5, 0.6) is 0 Å². The maximum Gasteiger partial charge on any atom is 0.0468 e. The third kappa shape index (κ3) is 5.02. The predicted octanol–water partition coefficient (Wildman–Crippen LogP) is 14.3. The molecule has 1 nitrogen and oxygen atoms in total. The van der Waals surface area contributed by atoms with Crippen LogP contribution >= 0.6 is 0 Å². The Hall–Kier alpha value is -6.70. The lowest BCUT2D eigenvalue weighted by atomic mass is 9.87. The van der Waals surface area contributed by atoms with Gasteiger partial charge in [0.25, 0.3) is 0 Å². The molecule has 0 bridgehead atoms. The Morgan fingerprint density at radius 2 is 0.667 bits per heavy atom. The van der Waals surface area contributed by atoms with E-state index in [-0.39, 0.29) is 0 Å². The highest BCUT2D eigenvalue weighted by Crippen LogP contribution is 2.43. The summed E-state index contributed by atoms with van der Waals surface area (Å²) in [6.07, 6.45) is 0. The maximum absolute atomic E-state index is 2.40. The Labute approximate surface area is 297 Å². The van der Waals surface area contributed by atoms with E-state index in [1.807, 2.05) is 0 Å². The van der Waals surface area contributed by atoms with Gasteiger partial charge in [-0.2, -0.15) is 0 Å². The molecule has 0 aliphatic carbocycles. The first-order valence-corrected chi connectivity index (χ1v) is 17.6. The smallest absolute Gasteiger partial charge is 0.0468 e. The first-order chi connectivity index (χ1) is 25.3. The van der Waals surface area contributed by atoms with Crippen molar-refractivity contribution in [1.82, 2.24) is 0 Å². The third-order valence-corrected chi connectivity index (χ3v) is 10.4. The van der Waals surface area contributed by atoms with Crippen LogP contribution in [0.2, 0.25) is 0 Å². The lowest BCUT2D eigenvalue weighted by Crippen LogP contribution is -2.09. The number of benzene rings is 10. The van der Waals surface area contributed by atoms with Crippen LogP contribution < -0.4 is 4.90 Å². The van der Waals surface area contributed by atoms with E-state index >= 15 is 0 Å². The molecule has 0 unspecified atom stereocenters. The van der Waals surface area contributed by atoms with Gasteiger partial charge in [0.15, 0.2) is 0 Å². The van der Waals surface area contributed by atoms with Gasteiger partial charge >= 0.3 is 0 Å². The number of hydrogen-bond donors (Lipinski definition) is 0. The molecule has 0 radical (unpaired) electrons. The molecule has 0 N–H and O–H groups in total. The van der Waals surface area contributed by atoms with Gasteiger partial charge in [-0.15, -0.1) is 0 Å². The molecule has 10 aromatic rings. The summed E-state index contributed by atoms with van der Waals surface area (Å²) in [5, 5.41) is 12.6. The van der Waals surface area contributed by atoms with Crippen molar-refractivity contribution in [3.8, 4) is 22.3 Å². The highest BCUT2D eigenvalue weighted by atomic mass is 15.1. The van der Waals surface area contributed by atoms with Crippen LogP contribution in [0.4, 0.5) is 17.1 Å². The third-order valence-electron chi connectivity index (χ3n) is 10.4. The minimum absolute atomic E-state index is 1.12. The van der Waals surface area contributed by atoms with Gasteiger partial charge in [0.1, 0.15) is 0 Å². The van der Waals surface area contributed by atoms with Gasteiger partial charge in [-0.1, -0.05) is 152 Å². The van der Waals surface area contributed by atoms with E-state index in [0.29, 0.717) is 0 Å². The van der Waals surface area contributed by atoms with E-state index in [4.69, 9.17) is 0 Å². The zero-order valence-corrected chi connectivity index (χ0v) is 28.0. The number of anilines is 3. The summed E-state index contributed by atoms with van der Waals surface area (Å²) >= 11 is 0. The second-order valence-electron chi connectivity index (χ2n) is 13.3. The number of nitrogens with zero attached hydrogens (tertiary/aromatic N) is 1. The van der Waals surface area contributed by atoms with E-state index in [0.717, 1.165) is 17.1 Å². The summed E-state index contributed by atoms with van der Waals surface area (Å²) < 4.78 is 0. The molecule has 51 heavy (non-hydrogen) atoms. The van der Waals surface area contributed by atoms with Crippen LogP contribution in [0, 0.1) is 0 Å². The largest absolute Gasteiger partial charge is 0.310 e. The van der Waals surface area contributed by atoms with Crippen molar-refractivity contribution in [2.45, 2.75) is 0 Å². The monoisotopic (exact) mass is 647 g/mol. The van der Waals surface area contributed by atoms with Crippen molar-refractivity contribution < 1.29 is 0 Å². The van der Waals surface area contributed by atoms with Crippen molar-refractivity contribution in [3.63, 3.8) is 0 Å². The summed E-state index contributed by atoms with van der Waals surface area (Å²) in [7, 11) is 0. The van der Waals surface area contributed by atoms with Crippen molar-refractivity contribution >= 4 is 70.9 Å². The van der Waals surface area contributed by atoms with Gasteiger partial charge in [-0.3, -0.25) is 0 Å².